The van der Waals surface area contributed by atoms with Crippen molar-refractivity contribution in [2.75, 3.05) is 23.4 Å². The average Bonchev–Trinajstić information content (AvgIpc) is 2.99. The van der Waals surface area contributed by atoms with Crippen molar-refractivity contribution < 1.29 is 14.3 Å². The van der Waals surface area contributed by atoms with Gasteiger partial charge in [-0.2, -0.15) is 0 Å². The Labute approximate surface area is 176 Å². The molecule has 6 nitrogen and oxygen atoms in total. The van der Waals surface area contributed by atoms with Crippen LogP contribution in [0.15, 0.2) is 18.2 Å². The number of benzene rings is 1. The number of hydrogen-bond acceptors (Lipinski definition) is 5. The lowest BCUT2D eigenvalue weighted by Crippen LogP contribution is -2.44. The fourth-order valence-corrected chi connectivity index (χ4v) is 4.37. The quantitative estimate of drug-likeness (QED) is 0.787. The van der Waals surface area contributed by atoms with E-state index >= 15 is 0 Å². The van der Waals surface area contributed by atoms with Crippen LogP contribution in [0.1, 0.15) is 55.0 Å². The smallest absolute Gasteiger partial charge is 0.267 e. The van der Waals surface area contributed by atoms with E-state index in [1.807, 2.05) is 27.7 Å². The van der Waals surface area contributed by atoms with Gasteiger partial charge in [0.15, 0.2) is 0 Å². The molecule has 29 heavy (non-hydrogen) atoms. The van der Waals surface area contributed by atoms with Gasteiger partial charge >= 0.3 is 0 Å². The summed E-state index contributed by atoms with van der Waals surface area (Å²) in [5, 5.41) is 3.93. The molecule has 0 unspecified atom stereocenters. The van der Waals surface area contributed by atoms with Crippen LogP contribution in [0.4, 0.5) is 11.4 Å². The minimum atomic E-state index is -0.500. The highest BCUT2D eigenvalue weighted by Crippen LogP contribution is 2.36. The monoisotopic (exact) mass is 415 g/mol. The zero-order valence-corrected chi connectivity index (χ0v) is 18.8. The van der Waals surface area contributed by atoms with Crippen LogP contribution in [0.5, 0.6) is 5.75 Å². The third-order valence-corrected chi connectivity index (χ3v) is 5.78. The molecule has 1 aliphatic heterocycles. The van der Waals surface area contributed by atoms with Crippen molar-refractivity contribution in [2.45, 2.75) is 48.0 Å². The predicted molar refractivity (Wildman–Crippen MR) is 117 cm³/mol. The number of amides is 2. The lowest BCUT2D eigenvalue weighted by Gasteiger charge is -2.34. The maximum absolute atomic E-state index is 12.8. The Morgan fingerprint density at radius 3 is 2.69 bits per heavy atom. The summed E-state index contributed by atoms with van der Waals surface area (Å²) in [6.45, 7) is 12.8. The van der Waals surface area contributed by atoms with Crippen molar-refractivity contribution in [1.29, 1.82) is 0 Å². The van der Waals surface area contributed by atoms with Crippen LogP contribution < -0.4 is 15.0 Å². The second kappa shape index (κ2) is 8.14. The fourth-order valence-electron chi connectivity index (χ4n) is 3.20. The van der Waals surface area contributed by atoms with Crippen LogP contribution >= 0.6 is 11.3 Å². The highest BCUT2D eigenvalue weighted by Gasteiger charge is 2.32. The van der Waals surface area contributed by atoms with E-state index in [0.29, 0.717) is 41.1 Å². The number of nitrogens with zero attached hydrogens (tertiary/aromatic N) is 2. The summed E-state index contributed by atoms with van der Waals surface area (Å²) in [7, 11) is 0. The summed E-state index contributed by atoms with van der Waals surface area (Å²) in [5.41, 5.74) is 1.56. The SMILES string of the molecule is Cc1nc(CC(C)C)sc1C(=O)Nc1ccc2c(c1)N(C(=O)C(C)(C)C)CCO2. The zero-order chi connectivity index (χ0) is 21.3. The molecule has 0 fully saturated rings. The number of nitrogens with one attached hydrogen (secondary N) is 1. The highest BCUT2D eigenvalue weighted by atomic mass is 32.1. The van der Waals surface area contributed by atoms with E-state index in [-0.39, 0.29) is 11.8 Å². The normalized spacial score (nSPS) is 13.8. The number of hydrogen-bond donors (Lipinski definition) is 1. The third kappa shape index (κ3) is 4.78. The number of fused-ring (bicyclic) bond motifs is 1. The van der Waals surface area contributed by atoms with Crippen molar-refractivity contribution >= 4 is 34.5 Å². The molecule has 0 saturated carbocycles. The fraction of sp³-hybridized carbons (Fsp3) is 0.500. The van der Waals surface area contributed by atoms with E-state index in [0.717, 1.165) is 17.1 Å². The summed E-state index contributed by atoms with van der Waals surface area (Å²) >= 11 is 1.44. The van der Waals surface area contributed by atoms with Gasteiger partial charge in [-0.15, -0.1) is 11.3 Å². The van der Waals surface area contributed by atoms with Gasteiger partial charge in [-0.05, 0) is 31.0 Å². The summed E-state index contributed by atoms with van der Waals surface area (Å²) in [6.07, 6.45) is 0.860. The Hall–Kier alpha value is -2.41. The molecule has 0 radical (unpaired) electrons. The standard InChI is InChI=1S/C22H29N3O3S/c1-13(2)11-18-23-14(3)19(29-18)20(26)24-15-7-8-17-16(12-15)25(9-10-28-17)21(27)22(4,5)6/h7-8,12-13H,9-11H2,1-6H3,(H,24,26). The largest absolute Gasteiger partial charge is 0.490 e. The lowest BCUT2D eigenvalue weighted by atomic mass is 9.94. The van der Waals surface area contributed by atoms with Gasteiger partial charge in [-0.1, -0.05) is 34.6 Å². The predicted octanol–water partition coefficient (Wildman–Crippen LogP) is 4.67. The van der Waals surface area contributed by atoms with E-state index in [1.165, 1.54) is 11.3 Å². The first kappa shape index (κ1) is 21.3. The van der Waals surface area contributed by atoms with Gasteiger partial charge < -0.3 is 15.0 Å². The van der Waals surface area contributed by atoms with Crippen LogP contribution in [-0.2, 0) is 11.2 Å². The summed E-state index contributed by atoms with van der Waals surface area (Å²) in [4.78, 5) is 32.6. The minimum Gasteiger partial charge on any atom is -0.490 e. The summed E-state index contributed by atoms with van der Waals surface area (Å²) < 4.78 is 5.71. The molecule has 2 heterocycles. The van der Waals surface area contributed by atoms with Crippen LogP contribution in [0.25, 0.3) is 0 Å². The van der Waals surface area contributed by atoms with E-state index < -0.39 is 5.41 Å². The number of aromatic nitrogens is 1. The summed E-state index contributed by atoms with van der Waals surface area (Å²) in [5.74, 6) is 0.992. The molecule has 2 aromatic rings. The van der Waals surface area contributed by atoms with Gasteiger partial charge in [-0.3, -0.25) is 9.59 Å². The first-order chi connectivity index (χ1) is 13.6. The molecule has 0 spiro atoms. The molecule has 2 amide bonds. The Bertz CT molecular complexity index is 928. The molecule has 0 aliphatic carbocycles. The van der Waals surface area contributed by atoms with Gasteiger partial charge in [0, 0.05) is 17.5 Å². The van der Waals surface area contributed by atoms with Crippen LogP contribution in [-0.4, -0.2) is 29.9 Å². The number of ether oxygens (including phenoxy) is 1. The Morgan fingerprint density at radius 1 is 1.31 bits per heavy atom. The van der Waals surface area contributed by atoms with Crippen molar-refractivity contribution in [1.82, 2.24) is 4.98 Å². The number of rotatable bonds is 4. The number of carbonyl (C=O) groups excluding carboxylic acids is 2. The van der Waals surface area contributed by atoms with Crippen molar-refractivity contribution in [3.8, 4) is 5.75 Å². The van der Waals surface area contributed by atoms with Gasteiger partial charge in [0.1, 0.15) is 17.2 Å². The van der Waals surface area contributed by atoms with E-state index in [4.69, 9.17) is 4.74 Å². The van der Waals surface area contributed by atoms with Crippen molar-refractivity contribution in [3.05, 3.63) is 33.8 Å². The molecule has 1 aromatic heterocycles. The number of anilines is 2. The third-order valence-electron chi connectivity index (χ3n) is 4.60. The first-order valence-electron chi connectivity index (χ1n) is 9.92. The van der Waals surface area contributed by atoms with Crippen LogP contribution in [0.2, 0.25) is 0 Å². The summed E-state index contributed by atoms with van der Waals surface area (Å²) in [6, 6.07) is 5.41. The Kier molecular flexibility index (Phi) is 5.98. The van der Waals surface area contributed by atoms with Crippen molar-refractivity contribution in [2.24, 2.45) is 11.3 Å². The molecular formula is C22H29N3O3S. The second-order valence-corrected chi connectivity index (χ2v) is 9.90. The number of aryl methyl sites for hydroxylation is 1. The van der Waals surface area contributed by atoms with Crippen LogP contribution in [0.3, 0.4) is 0 Å². The highest BCUT2D eigenvalue weighted by molar-refractivity contribution is 7.13. The Balaban J connectivity index is 1.83. The molecule has 7 heteroatoms. The van der Waals surface area contributed by atoms with E-state index in [1.54, 1.807) is 23.1 Å². The van der Waals surface area contributed by atoms with E-state index in [2.05, 4.69) is 24.1 Å². The van der Waals surface area contributed by atoms with Crippen LogP contribution in [0, 0.1) is 18.3 Å². The van der Waals surface area contributed by atoms with Crippen molar-refractivity contribution in [3.63, 3.8) is 0 Å². The first-order valence-corrected chi connectivity index (χ1v) is 10.7. The number of thiazole rings is 1. The molecule has 1 N–H and O–H groups in total. The molecule has 3 rings (SSSR count). The Morgan fingerprint density at radius 2 is 2.03 bits per heavy atom. The van der Waals surface area contributed by atoms with Gasteiger partial charge in [-0.25, -0.2) is 4.98 Å². The number of carbonyl (C=O) groups is 2. The average molecular weight is 416 g/mol. The van der Waals surface area contributed by atoms with Gasteiger partial charge in [0.2, 0.25) is 5.91 Å². The molecule has 1 aliphatic rings. The molecule has 0 saturated heterocycles. The molecule has 0 atom stereocenters. The molecule has 156 valence electrons. The van der Waals surface area contributed by atoms with Gasteiger partial charge in [0.05, 0.1) is 22.9 Å². The maximum Gasteiger partial charge on any atom is 0.267 e. The molecule has 0 bridgehead atoms. The molecular weight excluding hydrogens is 386 g/mol. The topological polar surface area (TPSA) is 71.5 Å². The maximum atomic E-state index is 12.8. The van der Waals surface area contributed by atoms with Gasteiger partial charge in [0.25, 0.3) is 5.91 Å². The van der Waals surface area contributed by atoms with E-state index in [9.17, 15) is 9.59 Å². The zero-order valence-electron chi connectivity index (χ0n) is 18.0. The molecule has 1 aromatic carbocycles. The minimum absolute atomic E-state index is 0.0298. The lowest BCUT2D eigenvalue weighted by molar-refractivity contribution is -0.126. The second-order valence-electron chi connectivity index (χ2n) is 8.81.